The van der Waals surface area contributed by atoms with Gasteiger partial charge in [-0.1, -0.05) is 0 Å². The van der Waals surface area contributed by atoms with E-state index >= 15 is 0 Å². The predicted octanol–water partition coefficient (Wildman–Crippen LogP) is 3.51. The van der Waals surface area contributed by atoms with Gasteiger partial charge in [0.2, 0.25) is 0 Å². The van der Waals surface area contributed by atoms with Crippen molar-refractivity contribution in [2.75, 3.05) is 0 Å². The Labute approximate surface area is 91.1 Å². The fourth-order valence-electron chi connectivity index (χ4n) is 1.75. The van der Waals surface area contributed by atoms with Crippen LogP contribution in [0.25, 0.3) is 5.69 Å². The average molecular weight is 225 g/mol. The standard InChI is InChI=1S/C12H10F3N/c1-7-3-4-8(2)16(7)11-6-9(13)5-10(14)12(11)15/h3-6H,1-2H3. The summed E-state index contributed by atoms with van der Waals surface area (Å²) in [6.07, 6.45) is 0. The maximum absolute atomic E-state index is 13.5. The van der Waals surface area contributed by atoms with E-state index in [-0.39, 0.29) is 5.69 Å². The van der Waals surface area contributed by atoms with E-state index in [1.54, 1.807) is 26.0 Å². The topological polar surface area (TPSA) is 4.93 Å². The van der Waals surface area contributed by atoms with Crippen LogP contribution in [0.3, 0.4) is 0 Å². The third-order valence-corrected chi connectivity index (χ3v) is 2.49. The number of aryl methyl sites for hydroxylation is 2. The summed E-state index contributed by atoms with van der Waals surface area (Å²) in [6, 6.07) is 5.04. The third-order valence-electron chi connectivity index (χ3n) is 2.49. The Morgan fingerprint density at radius 2 is 1.50 bits per heavy atom. The van der Waals surface area contributed by atoms with Crippen molar-refractivity contribution in [3.8, 4) is 5.69 Å². The van der Waals surface area contributed by atoms with Crippen LogP contribution in [0.1, 0.15) is 11.4 Å². The lowest BCUT2D eigenvalue weighted by Crippen LogP contribution is -2.04. The molecule has 0 aliphatic carbocycles. The lowest BCUT2D eigenvalue weighted by molar-refractivity contribution is 0.489. The normalized spacial score (nSPS) is 10.8. The van der Waals surface area contributed by atoms with Crippen LogP contribution in [0.2, 0.25) is 0 Å². The Kier molecular flexibility index (Phi) is 2.50. The van der Waals surface area contributed by atoms with Crippen LogP contribution < -0.4 is 0 Å². The van der Waals surface area contributed by atoms with Crippen LogP contribution in [-0.4, -0.2) is 4.57 Å². The summed E-state index contributed by atoms with van der Waals surface area (Å²) >= 11 is 0. The summed E-state index contributed by atoms with van der Waals surface area (Å²) in [7, 11) is 0. The molecule has 1 nitrogen and oxygen atoms in total. The van der Waals surface area contributed by atoms with Gasteiger partial charge in [0.1, 0.15) is 5.82 Å². The van der Waals surface area contributed by atoms with Crippen molar-refractivity contribution < 1.29 is 13.2 Å². The molecule has 0 saturated heterocycles. The lowest BCUT2D eigenvalue weighted by Gasteiger charge is -2.11. The van der Waals surface area contributed by atoms with Gasteiger partial charge in [0, 0.05) is 23.5 Å². The molecule has 0 spiro atoms. The highest BCUT2D eigenvalue weighted by Crippen LogP contribution is 2.22. The van der Waals surface area contributed by atoms with E-state index in [0.29, 0.717) is 6.07 Å². The van der Waals surface area contributed by atoms with Gasteiger partial charge in [-0.25, -0.2) is 13.2 Å². The van der Waals surface area contributed by atoms with Crippen LogP contribution in [0.15, 0.2) is 24.3 Å². The van der Waals surface area contributed by atoms with Crippen molar-refractivity contribution in [2.45, 2.75) is 13.8 Å². The van der Waals surface area contributed by atoms with Gasteiger partial charge in [0.15, 0.2) is 11.6 Å². The summed E-state index contributed by atoms with van der Waals surface area (Å²) in [6.45, 7) is 3.49. The van der Waals surface area contributed by atoms with Gasteiger partial charge in [0.05, 0.1) is 5.69 Å². The van der Waals surface area contributed by atoms with Crippen molar-refractivity contribution in [1.82, 2.24) is 4.57 Å². The zero-order valence-electron chi connectivity index (χ0n) is 8.89. The van der Waals surface area contributed by atoms with Crippen molar-refractivity contribution in [3.63, 3.8) is 0 Å². The minimum Gasteiger partial charge on any atom is -0.316 e. The van der Waals surface area contributed by atoms with Crippen LogP contribution >= 0.6 is 0 Å². The Bertz CT molecular complexity index is 524. The van der Waals surface area contributed by atoms with Gasteiger partial charge in [-0.2, -0.15) is 0 Å². The number of hydrogen-bond donors (Lipinski definition) is 0. The first-order chi connectivity index (χ1) is 7.50. The van der Waals surface area contributed by atoms with E-state index in [2.05, 4.69) is 0 Å². The summed E-state index contributed by atoms with van der Waals surface area (Å²) in [5.74, 6) is -3.01. The second-order valence-electron chi connectivity index (χ2n) is 3.67. The molecule has 0 aliphatic rings. The van der Waals surface area contributed by atoms with Gasteiger partial charge in [-0.15, -0.1) is 0 Å². The smallest absolute Gasteiger partial charge is 0.182 e. The molecule has 0 radical (unpaired) electrons. The fraction of sp³-hybridized carbons (Fsp3) is 0.167. The number of aromatic nitrogens is 1. The number of benzene rings is 1. The largest absolute Gasteiger partial charge is 0.316 e. The first-order valence-corrected chi connectivity index (χ1v) is 4.80. The van der Waals surface area contributed by atoms with Crippen LogP contribution in [0.5, 0.6) is 0 Å². The van der Waals surface area contributed by atoms with Gasteiger partial charge >= 0.3 is 0 Å². The molecule has 4 heteroatoms. The fourth-order valence-corrected chi connectivity index (χ4v) is 1.75. The van der Waals surface area contributed by atoms with Crippen molar-refractivity contribution in [2.24, 2.45) is 0 Å². The molecule has 0 amide bonds. The Balaban J connectivity index is 2.74. The molecule has 0 N–H and O–H groups in total. The molecule has 16 heavy (non-hydrogen) atoms. The van der Waals surface area contributed by atoms with Crippen LogP contribution in [0.4, 0.5) is 13.2 Å². The minimum absolute atomic E-state index is 0.0995. The van der Waals surface area contributed by atoms with Gasteiger partial charge in [-0.05, 0) is 26.0 Å². The highest BCUT2D eigenvalue weighted by atomic mass is 19.2. The maximum atomic E-state index is 13.5. The number of hydrogen-bond acceptors (Lipinski definition) is 0. The highest BCUT2D eigenvalue weighted by molar-refractivity contribution is 5.39. The number of rotatable bonds is 1. The zero-order valence-corrected chi connectivity index (χ0v) is 8.89. The molecule has 1 aromatic carbocycles. The van der Waals surface area contributed by atoms with Gasteiger partial charge in [-0.3, -0.25) is 0 Å². The minimum atomic E-state index is -1.18. The third kappa shape index (κ3) is 1.60. The maximum Gasteiger partial charge on any atom is 0.182 e. The summed E-state index contributed by atoms with van der Waals surface area (Å²) < 4.78 is 41.1. The van der Waals surface area contributed by atoms with Gasteiger partial charge in [0.25, 0.3) is 0 Å². The SMILES string of the molecule is Cc1ccc(C)n1-c1cc(F)cc(F)c1F. The first-order valence-electron chi connectivity index (χ1n) is 4.80. The first kappa shape index (κ1) is 10.8. The predicted molar refractivity (Wildman–Crippen MR) is 55.1 cm³/mol. The Morgan fingerprint density at radius 3 is 2.06 bits per heavy atom. The molecule has 0 unspecified atom stereocenters. The van der Waals surface area contributed by atoms with E-state index in [1.165, 1.54) is 4.57 Å². The molecular weight excluding hydrogens is 215 g/mol. The number of nitrogens with zero attached hydrogens (tertiary/aromatic N) is 1. The van der Waals surface area contributed by atoms with E-state index in [9.17, 15) is 13.2 Å². The van der Waals surface area contributed by atoms with Crippen LogP contribution in [0, 0.1) is 31.3 Å². The highest BCUT2D eigenvalue weighted by Gasteiger charge is 2.14. The molecular formula is C12H10F3N. The quantitative estimate of drug-likeness (QED) is 0.654. The molecule has 1 heterocycles. The number of halogens is 3. The molecule has 0 bridgehead atoms. The molecule has 0 saturated carbocycles. The molecule has 2 aromatic rings. The molecule has 0 atom stereocenters. The Morgan fingerprint density at radius 1 is 0.938 bits per heavy atom. The second-order valence-corrected chi connectivity index (χ2v) is 3.67. The van der Waals surface area contributed by atoms with Gasteiger partial charge < -0.3 is 4.57 Å². The summed E-state index contributed by atoms with van der Waals surface area (Å²) in [4.78, 5) is 0. The molecule has 84 valence electrons. The zero-order chi connectivity index (χ0) is 11.9. The van der Waals surface area contributed by atoms with Crippen molar-refractivity contribution in [1.29, 1.82) is 0 Å². The van der Waals surface area contributed by atoms with E-state index in [0.717, 1.165) is 17.5 Å². The second kappa shape index (κ2) is 3.70. The summed E-state index contributed by atoms with van der Waals surface area (Å²) in [5.41, 5.74) is 1.35. The van der Waals surface area contributed by atoms with Crippen molar-refractivity contribution >= 4 is 0 Å². The molecule has 0 aliphatic heterocycles. The van der Waals surface area contributed by atoms with E-state index in [4.69, 9.17) is 0 Å². The molecule has 2 rings (SSSR count). The molecule has 1 aromatic heterocycles. The summed E-state index contributed by atoms with van der Waals surface area (Å²) in [5, 5.41) is 0. The monoisotopic (exact) mass is 225 g/mol. The molecule has 0 fully saturated rings. The lowest BCUT2D eigenvalue weighted by atomic mass is 10.2. The van der Waals surface area contributed by atoms with Crippen molar-refractivity contribution in [3.05, 3.63) is 53.1 Å². The Hall–Kier alpha value is -1.71. The van der Waals surface area contributed by atoms with E-state index < -0.39 is 17.5 Å². The van der Waals surface area contributed by atoms with E-state index in [1.807, 2.05) is 0 Å². The van der Waals surface area contributed by atoms with Crippen LogP contribution in [-0.2, 0) is 0 Å². The average Bonchev–Trinajstić information content (AvgIpc) is 2.53.